The largest absolute Gasteiger partial charge is 0.376 e. The maximum absolute atomic E-state index is 12.1. The van der Waals surface area contributed by atoms with Gasteiger partial charge in [-0.05, 0) is 54.6 Å². The average molecular weight is 404 g/mol. The fraction of sp³-hybridized carbons (Fsp3) is 0.0870. The van der Waals surface area contributed by atoms with Crippen LogP contribution in [-0.4, -0.2) is 27.1 Å². The molecule has 0 bridgehead atoms. The van der Waals surface area contributed by atoms with Crippen LogP contribution in [0.5, 0.6) is 0 Å². The van der Waals surface area contributed by atoms with Gasteiger partial charge in [0, 0.05) is 28.8 Å². The van der Waals surface area contributed by atoms with Crippen LogP contribution in [0, 0.1) is 11.8 Å². The molecule has 3 aromatic rings. The lowest BCUT2D eigenvalue weighted by Crippen LogP contribution is -2.21. The molecule has 0 atom stereocenters. The smallest absolute Gasteiger partial charge is 0.243 e. The fourth-order valence-corrected chi connectivity index (χ4v) is 3.18. The number of carbonyl (C=O) groups is 1. The van der Waals surface area contributed by atoms with E-state index in [0.717, 1.165) is 23.1 Å². The van der Waals surface area contributed by atoms with Gasteiger partial charge in [-0.25, -0.2) is 8.42 Å². The highest BCUT2D eigenvalue weighted by atomic mass is 32.2. The van der Waals surface area contributed by atoms with Gasteiger partial charge in [-0.3, -0.25) is 4.79 Å². The van der Waals surface area contributed by atoms with Gasteiger partial charge < -0.3 is 10.6 Å². The molecule has 0 saturated carbocycles. The molecule has 0 aromatic heterocycles. The Morgan fingerprint density at radius 1 is 0.828 bits per heavy atom. The Balaban J connectivity index is 1.57. The molecule has 0 aliphatic heterocycles. The van der Waals surface area contributed by atoms with Gasteiger partial charge in [0.25, 0.3) is 0 Å². The minimum atomic E-state index is -3.26. The average Bonchev–Trinajstić information content (AvgIpc) is 2.72. The lowest BCUT2D eigenvalue weighted by molar-refractivity contribution is -0.114. The Bertz CT molecular complexity index is 1160. The number of amides is 1. The lowest BCUT2D eigenvalue weighted by atomic mass is 10.1. The molecular weight excluding hydrogens is 384 g/mol. The predicted octanol–water partition coefficient (Wildman–Crippen LogP) is 3.54. The van der Waals surface area contributed by atoms with Gasteiger partial charge >= 0.3 is 0 Å². The van der Waals surface area contributed by atoms with Crippen molar-refractivity contribution in [3.63, 3.8) is 0 Å². The van der Waals surface area contributed by atoms with Crippen molar-refractivity contribution in [3.8, 4) is 11.8 Å². The highest BCUT2D eigenvalue weighted by molar-refractivity contribution is 7.90. The molecule has 146 valence electrons. The molecule has 0 radical (unpaired) electrons. The highest BCUT2D eigenvalue weighted by Crippen LogP contribution is 2.14. The van der Waals surface area contributed by atoms with Crippen LogP contribution in [-0.2, 0) is 14.6 Å². The second-order valence-electron chi connectivity index (χ2n) is 6.40. The Labute approximate surface area is 170 Å². The quantitative estimate of drug-likeness (QED) is 0.638. The highest BCUT2D eigenvalue weighted by Gasteiger charge is 2.07. The summed E-state index contributed by atoms with van der Waals surface area (Å²) in [7, 11) is -3.26. The molecule has 3 rings (SSSR count). The molecule has 0 fully saturated rings. The van der Waals surface area contributed by atoms with Crippen LogP contribution in [0.15, 0.2) is 83.8 Å². The van der Waals surface area contributed by atoms with E-state index >= 15 is 0 Å². The van der Waals surface area contributed by atoms with Gasteiger partial charge in [0.15, 0.2) is 9.84 Å². The monoisotopic (exact) mass is 404 g/mol. The summed E-state index contributed by atoms with van der Waals surface area (Å²) in [5.74, 6) is 5.97. The zero-order chi connectivity index (χ0) is 20.7. The van der Waals surface area contributed by atoms with Gasteiger partial charge in [-0.1, -0.05) is 36.1 Å². The minimum Gasteiger partial charge on any atom is -0.376 e. The van der Waals surface area contributed by atoms with Crippen molar-refractivity contribution >= 4 is 27.1 Å². The van der Waals surface area contributed by atoms with E-state index in [9.17, 15) is 13.2 Å². The summed E-state index contributed by atoms with van der Waals surface area (Å²) >= 11 is 0. The number of anilines is 2. The van der Waals surface area contributed by atoms with E-state index in [0.29, 0.717) is 5.69 Å². The third kappa shape index (κ3) is 6.23. The maximum Gasteiger partial charge on any atom is 0.243 e. The van der Waals surface area contributed by atoms with Gasteiger partial charge in [0.1, 0.15) is 0 Å². The Hall–Kier alpha value is -3.56. The van der Waals surface area contributed by atoms with Gasteiger partial charge in [0.2, 0.25) is 5.91 Å². The molecule has 2 N–H and O–H groups in total. The first-order chi connectivity index (χ1) is 13.9. The number of hydrogen-bond donors (Lipinski definition) is 2. The summed E-state index contributed by atoms with van der Waals surface area (Å²) in [5.41, 5.74) is 3.10. The number of benzene rings is 3. The molecule has 6 heteroatoms. The molecular formula is C23H20N2O3S. The van der Waals surface area contributed by atoms with Gasteiger partial charge in [0.05, 0.1) is 11.4 Å². The number of sulfone groups is 1. The minimum absolute atomic E-state index is 0.0728. The number of hydrogen-bond acceptors (Lipinski definition) is 4. The Morgan fingerprint density at radius 3 is 2.17 bits per heavy atom. The SMILES string of the molecule is CS(=O)(=O)c1ccc(NC(=O)CNc2cccc(C#Cc3ccccc3)c2)cc1. The number of nitrogens with one attached hydrogen (secondary N) is 2. The molecule has 1 amide bonds. The van der Waals surface area contributed by atoms with E-state index in [1.807, 2.05) is 54.6 Å². The molecule has 0 unspecified atom stereocenters. The summed E-state index contributed by atoms with van der Waals surface area (Å²) in [6.45, 7) is 0.0728. The molecule has 0 aliphatic rings. The molecule has 3 aromatic carbocycles. The second kappa shape index (κ2) is 9.09. The third-order valence-electron chi connectivity index (χ3n) is 4.01. The first-order valence-corrected chi connectivity index (χ1v) is 10.8. The predicted molar refractivity (Wildman–Crippen MR) is 116 cm³/mol. The molecule has 0 saturated heterocycles. The van der Waals surface area contributed by atoms with E-state index in [1.54, 1.807) is 12.1 Å². The van der Waals surface area contributed by atoms with Crippen molar-refractivity contribution in [2.24, 2.45) is 0 Å². The van der Waals surface area contributed by atoms with E-state index in [-0.39, 0.29) is 17.3 Å². The van der Waals surface area contributed by atoms with Crippen molar-refractivity contribution in [2.45, 2.75) is 4.90 Å². The maximum atomic E-state index is 12.1. The number of carbonyl (C=O) groups excluding carboxylic acids is 1. The molecule has 29 heavy (non-hydrogen) atoms. The summed E-state index contributed by atoms with van der Waals surface area (Å²) in [4.78, 5) is 12.4. The van der Waals surface area contributed by atoms with Crippen molar-refractivity contribution in [1.29, 1.82) is 0 Å². The van der Waals surface area contributed by atoms with E-state index in [2.05, 4.69) is 22.5 Å². The first-order valence-electron chi connectivity index (χ1n) is 8.91. The van der Waals surface area contributed by atoms with Crippen LogP contribution in [0.4, 0.5) is 11.4 Å². The second-order valence-corrected chi connectivity index (χ2v) is 8.41. The molecule has 0 aliphatic carbocycles. The first kappa shape index (κ1) is 20.2. The summed E-state index contributed by atoms with van der Waals surface area (Å²) in [5, 5.41) is 5.79. The van der Waals surface area contributed by atoms with Crippen molar-refractivity contribution in [2.75, 3.05) is 23.4 Å². The van der Waals surface area contributed by atoms with Crippen LogP contribution in [0.3, 0.4) is 0 Å². The van der Waals surface area contributed by atoms with Crippen LogP contribution >= 0.6 is 0 Å². The summed E-state index contributed by atoms with van der Waals surface area (Å²) in [6.07, 6.45) is 1.14. The van der Waals surface area contributed by atoms with Crippen LogP contribution < -0.4 is 10.6 Å². The zero-order valence-corrected chi connectivity index (χ0v) is 16.7. The van der Waals surface area contributed by atoms with Crippen molar-refractivity contribution in [3.05, 3.63) is 90.0 Å². The lowest BCUT2D eigenvalue weighted by Gasteiger charge is -2.08. The zero-order valence-electron chi connectivity index (χ0n) is 15.8. The topological polar surface area (TPSA) is 75.3 Å². The van der Waals surface area contributed by atoms with Gasteiger partial charge in [-0.15, -0.1) is 0 Å². The van der Waals surface area contributed by atoms with Gasteiger partial charge in [-0.2, -0.15) is 0 Å². The van der Waals surface area contributed by atoms with Crippen LogP contribution in [0.1, 0.15) is 11.1 Å². The normalized spacial score (nSPS) is 10.5. The summed E-state index contributed by atoms with van der Waals surface area (Å²) < 4.78 is 22.9. The van der Waals surface area contributed by atoms with E-state index < -0.39 is 9.84 Å². The fourth-order valence-electron chi connectivity index (χ4n) is 2.55. The molecule has 0 heterocycles. The molecule has 5 nitrogen and oxygen atoms in total. The van der Waals surface area contributed by atoms with Crippen molar-refractivity contribution < 1.29 is 13.2 Å². The number of rotatable bonds is 5. The van der Waals surface area contributed by atoms with E-state index in [4.69, 9.17) is 0 Å². The van der Waals surface area contributed by atoms with Crippen LogP contribution in [0.25, 0.3) is 0 Å². The standard InChI is InChI=1S/C23H20N2O3S/c1-29(27,28)22-14-12-20(13-15-22)25-23(26)17-24-21-9-5-8-19(16-21)11-10-18-6-3-2-4-7-18/h2-9,12-16,24H,17H2,1H3,(H,25,26). The van der Waals surface area contributed by atoms with Crippen molar-refractivity contribution in [1.82, 2.24) is 0 Å². The third-order valence-corrected chi connectivity index (χ3v) is 5.14. The summed E-state index contributed by atoms with van der Waals surface area (Å²) in [6, 6.07) is 23.3. The van der Waals surface area contributed by atoms with Crippen LogP contribution in [0.2, 0.25) is 0 Å². The Kier molecular flexibility index (Phi) is 6.32. The van der Waals surface area contributed by atoms with E-state index in [1.165, 1.54) is 12.1 Å². The Morgan fingerprint density at radius 2 is 1.48 bits per heavy atom. The molecule has 0 spiro atoms.